The molecule has 1 rings (SSSR count). The summed E-state index contributed by atoms with van der Waals surface area (Å²) in [6, 6.07) is 4.94. The van der Waals surface area contributed by atoms with Crippen LogP contribution in [0.3, 0.4) is 0 Å². The summed E-state index contributed by atoms with van der Waals surface area (Å²) in [5.41, 5.74) is 0.695. The molecule has 0 atom stereocenters. The van der Waals surface area contributed by atoms with Crippen molar-refractivity contribution in [1.29, 1.82) is 0 Å². The van der Waals surface area contributed by atoms with Gasteiger partial charge in [-0.1, -0.05) is 12.1 Å². The van der Waals surface area contributed by atoms with Gasteiger partial charge < -0.3 is 19.0 Å². The summed E-state index contributed by atoms with van der Waals surface area (Å²) in [5, 5.41) is 0. The van der Waals surface area contributed by atoms with Gasteiger partial charge in [-0.3, -0.25) is 0 Å². The van der Waals surface area contributed by atoms with Crippen LogP contribution in [0, 0.1) is 0 Å². The third-order valence-electron chi connectivity index (χ3n) is 1.63. The van der Waals surface area contributed by atoms with E-state index >= 15 is 0 Å². The second-order valence-corrected chi connectivity index (χ2v) is 5.52. The van der Waals surface area contributed by atoms with E-state index in [4.69, 9.17) is 30.6 Å². The van der Waals surface area contributed by atoms with Crippen LogP contribution in [0.2, 0.25) is 0 Å². The predicted octanol–water partition coefficient (Wildman–Crippen LogP) is 2.02. The maximum absolute atomic E-state index is 9.03. The molecule has 0 aromatic heterocycles. The van der Waals surface area contributed by atoms with E-state index in [0.717, 1.165) is 0 Å². The summed E-state index contributed by atoms with van der Waals surface area (Å²) < 4.78 is 9.87. The second-order valence-electron chi connectivity index (χ2n) is 2.66. The minimum Gasteiger partial charge on any atom is -0.493 e. The largest absolute Gasteiger partial charge is 0.493 e. The lowest BCUT2D eigenvalue weighted by Crippen LogP contribution is -1.96. The van der Waals surface area contributed by atoms with Gasteiger partial charge in [-0.25, -0.2) is 0 Å². The maximum Gasteiger partial charge on any atom is 0.375 e. The van der Waals surface area contributed by atoms with Crippen LogP contribution in [-0.4, -0.2) is 16.9 Å². The number of hydrogen-bond acceptors (Lipinski definition) is 3. The average molecular weight is 269 g/mol. The Hall–Kier alpha value is -0.320. The van der Waals surface area contributed by atoms with Crippen LogP contribution in [0.1, 0.15) is 5.56 Å². The number of methoxy groups -OCH3 is 1. The highest BCUT2D eigenvalue weighted by molar-refractivity contribution is 8.06. The lowest BCUT2D eigenvalue weighted by Gasteiger charge is -2.15. The number of benzene rings is 1. The zero-order chi connectivity index (χ0) is 11.5. The van der Waals surface area contributed by atoms with Gasteiger partial charge in [0.15, 0.2) is 11.5 Å². The summed E-state index contributed by atoms with van der Waals surface area (Å²) in [4.78, 5) is 18.1. The number of hydrogen-bond donors (Lipinski definition) is 2. The Morgan fingerprint density at radius 2 is 2.13 bits per heavy atom. The Morgan fingerprint density at radius 3 is 2.60 bits per heavy atom. The zero-order valence-corrected chi connectivity index (χ0v) is 10.4. The Balaban J connectivity index is 3.12. The highest BCUT2D eigenvalue weighted by Gasteiger charge is 2.16. The molecule has 0 radical (unpaired) electrons. The molecule has 0 aliphatic rings. The van der Waals surface area contributed by atoms with Crippen LogP contribution in [0.4, 0.5) is 0 Å². The van der Waals surface area contributed by atoms with Gasteiger partial charge in [-0.05, 0) is 6.07 Å². The van der Waals surface area contributed by atoms with Gasteiger partial charge in [0.1, 0.15) is 0 Å². The summed E-state index contributed by atoms with van der Waals surface area (Å²) >= 11 is 10.0. The number of halogens is 1. The Kier molecular flexibility index (Phi) is 4.37. The third kappa shape index (κ3) is 3.63. The molecule has 0 aliphatic carbocycles. The second kappa shape index (κ2) is 5.14. The van der Waals surface area contributed by atoms with Crippen molar-refractivity contribution in [3.63, 3.8) is 0 Å². The molecule has 0 bridgehead atoms. The normalized spacial score (nSPS) is 11.2. The van der Waals surface area contributed by atoms with Crippen molar-refractivity contribution in [3.05, 3.63) is 23.8 Å². The van der Waals surface area contributed by atoms with Crippen molar-refractivity contribution < 1.29 is 19.0 Å². The zero-order valence-electron chi connectivity index (χ0n) is 7.88. The topological polar surface area (TPSA) is 58.9 Å². The van der Waals surface area contributed by atoms with Crippen molar-refractivity contribution in [2.75, 3.05) is 7.11 Å². The first kappa shape index (κ1) is 12.7. The van der Waals surface area contributed by atoms with E-state index in [1.54, 1.807) is 12.1 Å². The molecule has 2 N–H and O–H groups in total. The van der Waals surface area contributed by atoms with E-state index in [-0.39, 0.29) is 11.6 Å². The lowest BCUT2D eigenvalue weighted by atomic mass is 10.2. The molecule has 0 saturated heterocycles. The molecule has 7 heteroatoms. The number of alkyl halides is 1. The monoisotopic (exact) mass is 268 g/mol. The maximum atomic E-state index is 9.03. The molecular formula is C8H10ClO4PS. The SMILES string of the molecule is COc1c(CCl)cccc1OP(O)(O)=S. The first-order valence-corrected chi connectivity index (χ1v) is 7.11. The van der Waals surface area contributed by atoms with Crippen LogP contribution in [0.25, 0.3) is 0 Å². The molecule has 0 saturated carbocycles. The fourth-order valence-electron chi connectivity index (χ4n) is 1.10. The molecule has 1 aromatic carbocycles. The van der Waals surface area contributed by atoms with Crippen molar-refractivity contribution in [3.8, 4) is 11.5 Å². The Morgan fingerprint density at radius 1 is 1.47 bits per heavy atom. The molecule has 0 spiro atoms. The van der Waals surface area contributed by atoms with Gasteiger partial charge in [0.25, 0.3) is 0 Å². The number of para-hydroxylation sites is 1. The van der Waals surface area contributed by atoms with Crippen LogP contribution in [-0.2, 0) is 17.7 Å². The fraction of sp³-hybridized carbons (Fsp3) is 0.250. The minimum absolute atomic E-state index is 0.184. The molecule has 4 nitrogen and oxygen atoms in total. The highest BCUT2D eigenvalue weighted by atomic mass is 35.5. The van der Waals surface area contributed by atoms with E-state index < -0.39 is 6.72 Å². The summed E-state index contributed by atoms with van der Waals surface area (Å²) in [7, 11) is 1.44. The van der Waals surface area contributed by atoms with Gasteiger partial charge in [0.2, 0.25) is 0 Å². The van der Waals surface area contributed by atoms with Gasteiger partial charge in [-0.15, -0.1) is 11.6 Å². The standard InChI is InChI=1S/C8H10ClO4PS/c1-12-8-6(5-9)3-2-4-7(8)13-14(10,11)15/h2-4H,5H2,1H3,(H2,10,11,15). The predicted molar refractivity (Wildman–Crippen MR) is 61.9 cm³/mol. The van der Waals surface area contributed by atoms with Gasteiger partial charge >= 0.3 is 6.72 Å². The van der Waals surface area contributed by atoms with E-state index in [2.05, 4.69) is 11.8 Å². The quantitative estimate of drug-likeness (QED) is 0.646. The highest BCUT2D eigenvalue weighted by Crippen LogP contribution is 2.43. The van der Waals surface area contributed by atoms with E-state index in [1.165, 1.54) is 13.2 Å². The van der Waals surface area contributed by atoms with Gasteiger partial charge in [-0.2, -0.15) is 0 Å². The molecule has 0 fully saturated rings. The third-order valence-corrected chi connectivity index (χ3v) is 2.57. The van der Waals surface area contributed by atoms with Crippen molar-refractivity contribution >= 4 is 30.1 Å². The summed E-state index contributed by atoms with van der Waals surface area (Å²) in [5.74, 6) is 0.786. The first-order chi connectivity index (χ1) is 6.98. The molecule has 15 heavy (non-hydrogen) atoms. The van der Waals surface area contributed by atoms with Crippen LogP contribution in [0.15, 0.2) is 18.2 Å². The van der Waals surface area contributed by atoms with Crippen LogP contribution in [0.5, 0.6) is 11.5 Å². The number of ether oxygens (including phenoxy) is 1. The molecule has 0 aliphatic heterocycles. The Labute approximate surface area is 97.7 Å². The Bertz CT molecular complexity index is 392. The van der Waals surface area contributed by atoms with Gasteiger partial charge in [0.05, 0.1) is 13.0 Å². The summed E-state index contributed by atoms with van der Waals surface area (Å²) in [6.07, 6.45) is 0. The molecular weight excluding hydrogens is 259 g/mol. The van der Waals surface area contributed by atoms with Crippen LogP contribution >= 0.6 is 18.3 Å². The smallest absolute Gasteiger partial charge is 0.375 e. The van der Waals surface area contributed by atoms with Gasteiger partial charge in [0, 0.05) is 17.4 Å². The molecule has 0 amide bonds. The minimum atomic E-state index is -3.75. The molecule has 0 heterocycles. The molecule has 0 unspecified atom stereocenters. The van der Waals surface area contributed by atoms with E-state index in [9.17, 15) is 0 Å². The lowest BCUT2D eigenvalue weighted by molar-refractivity contribution is 0.347. The molecule has 84 valence electrons. The van der Waals surface area contributed by atoms with Crippen molar-refractivity contribution in [2.45, 2.75) is 5.88 Å². The number of rotatable bonds is 4. The van der Waals surface area contributed by atoms with Crippen LogP contribution < -0.4 is 9.26 Å². The first-order valence-electron chi connectivity index (χ1n) is 3.95. The van der Waals surface area contributed by atoms with E-state index in [1.807, 2.05) is 0 Å². The molecule has 1 aromatic rings. The van der Waals surface area contributed by atoms with Crippen molar-refractivity contribution in [2.24, 2.45) is 0 Å². The van der Waals surface area contributed by atoms with E-state index in [0.29, 0.717) is 11.3 Å². The summed E-state index contributed by atoms with van der Waals surface area (Å²) in [6.45, 7) is -3.75. The van der Waals surface area contributed by atoms with Crippen molar-refractivity contribution in [1.82, 2.24) is 0 Å². The average Bonchev–Trinajstić information content (AvgIpc) is 2.15. The fourth-order valence-corrected chi connectivity index (χ4v) is 1.95.